The van der Waals surface area contributed by atoms with Gasteiger partial charge in [-0.2, -0.15) is 0 Å². The van der Waals surface area contributed by atoms with Crippen LogP contribution < -0.4 is 0 Å². The van der Waals surface area contributed by atoms with E-state index in [1.165, 1.54) is 0 Å². The number of hydrogen-bond donors (Lipinski definition) is 0. The lowest BCUT2D eigenvalue weighted by atomic mass is 10.1. The second-order valence-electron chi connectivity index (χ2n) is 6.19. The molecule has 1 aromatic carbocycles. The number of esters is 1. The van der Waals surface area contributed by atoms with Crippen molar-refractivity contribution in [1.82, 2.24) is 4.90 Å². The molecule has 0 aromatic heterocycles. The van der Waals surface area contributed by atoms with Crippen LogP contribution in [-0.2, 0) is 9.53 Å². The average Bonchev–Trinajstić information content (AvgIpc) is 3.04. The Kier molecular flexibility index (Phi) is 8.30. The Morgan fingerprint density at radius 2 is 1.92 bits per heavy atom. The van der Waals surface area contributed by atoms with Crippen molar-refractivity contribution in [3.05, 3.63) is 34.3 Å². The lowest BCUT2D eigenvalue weighted by Crippen LogP contribution is -2.46. The lowest BCUT2D eigenvalue weighted by molar-refractivity contribution is -0.148. The van der Waals surface area contributed by atoms with Crippen LogP contribution in [0.15, 0.2) is 28.7 Å². The molecule has 138 valence electrons. The zero-order valence-corrected chi connectivity index (χ0v) is 17.3. The standard InChI is InChI=1S/C19H26BrNO3S/c1-3-5-6-7-17-21(16(13-25-17)19(23)24-12-4-2)18(22)14-8-10-15(20)11-9-14/h8-11,16-17H,3-7,12-13H2,1-2H3. The van der Waals surface area contributed by atoms with Gasteiger partial charge in [-0.05, 0) is 37.1 Å². The average molecular weight is 428 g/mol. The number of thioether (sulfide) groups is 1. The summed E-state index contributed by atoms with van der Waals surface area (Å²) in [7, 11) is 0. The zero-order valence-electron chi connectivity index (χ0n) is 14.9. The highest BCUT2D eigenvalue weighted by Crippen LogP contribution is 2.34. The number of carbonyl (C=O) groups excluding carboxylic acids is 2. The molecule has 1 aromatic rings. The monoisotopic (exact) mass is 427 g/mol. The quantitative estimate of drug-likeness (QED) is 0.438. The van der Waals surface area contributed by atoms with E-state index in [1.54, 1.807) is 28.8 Å². The molecule has 2 atom stereocenters. The number of hydrogen-bond acceptors (Lipinski definition) is 4. The Labute approximate surface area is 162 Å². The van der Waals surface area contributed by atoms with Crippen LogP contribution >= 0.6 is 27.7 Å². The summed E-state index contributed by atoms with van der Waals surface area (Å²) >= 11 is 5.08. The second-order valence-corrected chi connectivity index (χ2v) is 8.31. The van der Waals surface area contributed by atoms with E-state index in [-0.39, 0.29) is 17.3 Å². The van der Waals surface area contributed by atoms with Crippen LogP contribution in [0.25, 0.3) is 0 Å². The van der Waals surface area contributed by atoms with Crippen LogP contribution in [0, 0.1) is 0 Å². The molecule has 0 N–H and O–H groups in total. The summed E-state index contributed by atoms with van der Waals surface area (Å²) in [6, 6.07) is 6.82. The van der Waals surface area contributed by atoms with Gasteiger partial charge in [0.15, 0.2) is 0 Å². The molecule has 1 heterocycles. The van der Waals surface area contributed by atoms with E-state index in [9.17, 15) is 9.59 Å². The third-order valence-electron chi connectivity index (χ3n) is 4.19. The summed E-state index contributed by atoms with van der Waals surface area (Å²) in [4.78, 5) is 27.3. The molecule has 4 nitrogen and oxygen atoms in total. The molecule has 0 saturated carbocycles. The van der Waals surface area contributed by atoms with Crippen molar-refractivity contribution in [1.29, 1.82) is 0 Å². The van der Waals surface area contributed by atoms with Crippen molar-refractivity contribution < 1.29 is 14.3 Å². The van der Waals surface area contributed by atoms with E-state index in [1.807, 2.05) is 19.1 Å². The summed E-state index contributed by atoms with van der Waals surface area (Å²) in [6.45, 7) is 4.53. The maximum Gasteiger partial charge on any atom is 0.329 e. The van der Waals surface area contributed by atoms with Gasteiger partial charge in [0, 0.05) is 15.8 Å². The Morgan fingerprint density at radius 3 is 2.56 bits per heavy atom. The largest absolute Gasteiger partial charge is 0.464 e. The number of nitrogens with zero attached hydrogens (tertiary/aromatic N) is 1. The van der Waals surface area contributed by atoms with E-state index in [2.05, 4.69) is 22.9 Å². The normalized spacial score (nSPS) is 19.9. The number of halogens is 1. The fraction of sp³-hybridized carbons (Fsp3) is 0.579. The molecular weight excluding hydrogens is 402 g/mol. The highest BCUT2D eigenvalue weighted by atomic mass is 79.9. The van der Waals surface area contributed by atoms with E-state index >= 15 is 0 Å². The molecule has 0 bridgehead atoms. The lowest BCUT2D eigenvalue weighted by Gasteiger charge is -2.28. The molecule has 1 fully saturated rings. The van der Waals surface area contributed by atoms with Crippen LogP contribution in [0.5, 0.6) is 0 Å². The van der Waals surface area contributed by atoms with Gasteiger partial charge in [-0.3, -0.25) is 4.79 Å². The molecule has 1 aliphatic rings. The fourth-order valence-corrected chi connectivity index (χ4v) is 4.55. The molecule has 0 spiro atoms. The van der Waals surface area contributed by atoms with E-state index in [4.69, 9.17) is 4.74 Å². The first-order valence-corrected chi connectivity index (χ1v) is 10.8. The van der Waals surface area contributed by atoms with Gasteiger partial charge in [-0.15, -0.1) is 11.8 Å². The van der Waals surface area contributed by atoms with Crippen LogP contribution in [0.3, 0.4) is 0 Å². The fourth-order valence-electron chi connectivity index (χ4n) is 2.85. The van der Waals surface area contributed by atoms with Crippen molar-refractivity contribution in [2.45, 2.75) is 57.4 Å². The smallest absolute Gasteiger partial charge is 0.329 e. The van der Waals surface area contributed by atoms with Crippen LogP contribution in [0.1, 0.15) is 56.3 Å². The highest BCUT2D eigenvalue weighted by Gasteiger charge is 2.42. The van der Waals surface area contributed by atoms with Crippen LogP contribution in [0.2, 0.25) is 0 Å². The third-order valence-corrected chi connectivity index (χ3v) is 6.08. The van der Waals surface area contributed by atoms with Gasteiger partial charge in [0.1, 0.15) is 6.04 Å². The van der Waals surface area contributed by atoms with Gasteiger partial charge in [0.2, 0.25) is 0 Å². The molecule has 1 amide bonds. The minimum atomic E-state index is -0.487. The molecule has 0 radical (unpaired) electrons. The van der Waals surface area contributed by atoms with Gasteiger partial charge in [0.25, 0.3) is 5.91 Å². The van der Waals surface area contributed by atoms with Crippen LogP contribution in [-0.4, -0.2) is 40.6 Å². The van der Waals surface area contributed by atoms with Crippen molar-refractivity contribution in [2.75, 3.05) is 12.4 Å². The predicted molar refractivity (Wildman–Crippen MR) is 106 cm³/mol. The molecular formula is C19H26BrNO3S. The van der Waals surface area contributed by atoms with Gasteiger partial charge in [-0.1, -0.05) is 49.0 Å². The number of rotatable bonds is 8. The molecule has 2 rings (SSSR count). The van der Waals surface area contributed by atoms with Crippen molar-refractivity contribution in [3.63, 3.8) is 0 Å². The number of benzene rings is 1. The maximum atomic E-state index is 13.1. The number of carbonyl (C=O) groups is 2. The molecule has 0 aliphatic carbocycles. The molecule has 25 heavy (non-hydrogen) atoms. The summed E-state index contributed by atoms with van der Waals surface area (Å²) in [5.74, 6) is 0.247. The van der Waals surface area contributed by atoms with E-state index in [0.717, 1.165) is 36.6 Å². The first kappa shape index (κ1) is 20.3. The van der Waals surface area contributed by atoms with Crippen molar-refractivity contribution >= 4 is 39.6 Å². The summed E-state index contributed by atoms with van der Waals surface area (Å²) in [6.07, 6.45) is 5.04. The molecule has 1 saturated heterocycles. The SMILES string of the molecule is CCCCCC1SCC(C(=O)OCCC)N1C(=O)c1ccc(Br)cc1. The predicted octanol–water partition coefficient (Wildman–Crippen LogP) is 4.87. The van der Waals surface area contributed by atoms with Gasteiger partial charge in [-0.25, -0.2) is 4.79 Å². The number of amides is 1. The second kappa shape index (κ2) is 10.2. The van der Waals surface area contributed by atoms with Gasteiger partial charge in [0.05, 0.1) is 12.0 Å². The van der Waals surface area contributed by atoms with Crippen molar-refractivity contribution in [2.24, 2.45) is 0 Å². The Bertz CT molecular complexity index is 579. The summed E-state index contributed by atoms with van der Waals surface area (Å²) in [5.41, 5.74) is 0.611. The third kappa shape index (κ3) is 5.48. The maximum absolute atomic E-state index is 13.1. The van der Waals surface area contributed by atoms with Crippen LogP contribution in [0.4, 0.5) is 0 Å². The van der Waals surface area contributed by atoms with E-state index in [0.29, 0.717) is 17.9 Å². The summed E-state index contributed by atoms with van der Waals surface area (Å²) < 4.78 is 6.26. The topological polar surface area (TPSA) is 46.6 Å². The van der Waals surface area contributed by atoms with E-state index < -0.39 is 6.04 Å². The van der Waals surface area contributed by atoms with Gasteiger partial charge < -0.3 is 9.64 Å². The number of unbranched alkanes of at least 4 members (excludes halogenated alkanes) is 2. The Morgan fingerprint density at radius 1 is 1.20 bits per heavy atom. The first-order chi connectivity index (χ1) is 12.1. The minimum Gasteiger partial charge on any atom is -0.464 e. The van der Waals surface area contributed by atoms with Gasteiger partial charge >= 0.3 is 5.97 Å². The number of ether oxygens (including phenoxy) is 1. The minimum absolute atomic E-state index is 0.0434. The first-order valence-electron chi connectivity index (χ1n) is 8.95. The molecule has 6 heteroatoms. The Hall–Kier alpha value is -1.01. The highest BCUT2D eigenvalue weighted by molar-refractivity contribution is 9.10. The zero-order chi connectivity index (χ0) is 18.2. The Balaban J connectivity index is 2.17. The van der Waals surface area contributed by atoms with Crippen molar-refractivity contribution in [3.8, 4) is 0 Å². The molecule has 1 aliphatic heterocycles. The summed E-state index contributed by atoms with van der Waals surface area (Å²) in [5, 5.41) is 0.0434. The molecule has 2 unspecified atom stereocenters.